The molecule has 11 heavy (non-hydrogen) atoms. The monoisotopic (exact) mass is 174 g/mol. The third kappa shape index (κ3) is 2.29. The van der Waals surface area contributed by atoms with Crippen molar-refractivity contribution in [2.45, 2.75) is 38.6 Å². The molecule has 0 aliphatic carbocycles. The van der Waals surface area contributed by atoms with Crippen LogP contribution < -0.4 is 0 Å². The molecular formula is C8H18O2Si. The lowest BCUT2D eigenvalue weighted by Crippen LogP contribution is -2.47. The maximum atomic E-state index is 5.90. The van der Waals surface area contributed by atoms with E-state index in [-0.39, 0.29) is 0 Å². The lowest BCUT2D eigenvalue weighted by Gasteiger charge is -2.38. The van der Waals surface area contributed by atoms with Gasteiger partial charge in [0.1, 0.15) is 0 Å². The fourth-order valence-electron chi connectivity index (χ4n) is 1.34. The maximum Gasteiger partial charge on any atom is 0.194 e. The summed E-state index contributed by atoms with van der Waals surface area (Å²) in [7, 11) is -1.41. The van der Waals surface area contributed by atoms with Crippen molar-refractivity contribution in [3.05, 3.63) is 0 Å². The Bertz CT molecular complexity index is 130. The van der Waals surface area contributed by atoms with Crippen LogP contribution in [0.2, 0.25) is 18.6 Å². The van der Waals surface area contributed by atoms with E-state index >= 15 is 0 Å². The zero-order valence-electron chi connectivity index (χ0n) is 7.89. The van der Waals surface area contributed by atoms with E-state index in [4.69, 9.17) is 9.16 Å². The predicted octanol–water partition coefficient (Wildman–Crippen LogP) is 2.02. The van der Waals surface area contributed by atoms with Gasteiger partial charge in [-0.2, -0.15) is 0 Å². The van der Waals surface area contributed by atoms with E-state index in [0.29, 0.717) is 6.10 Å². The Balaban J connectivity index is 2.37. The SMILES string of the molecule is CC(C)O[Si](C)(C)C1COC1. The summed E-state index contributed by atoms with van der Waals surface area (Å²) in [5.41, 5.74) is 0.727. The van der Waals surface area contributed by atoms with Gasteiger partial charge in [-0.1, -0.05) is 0 Å². The molecule has 0 unspecified atom stereocenters. The molecule has 2 nitrogen and oxygen atoms in total. The molecule has 0 N–H and O–H groups in total. The Kier molecular flexibility index (Phi) is 2.73. The second-order valence-corrected chi connectivity index (χ2v) is 8.26. The average Bonchev–Trinajstić information content (AvgIpc) is 1.50. The summed E-state index contributed by atoms with van der Waals surface area (Å²) in [6, 6.07) is 0. The van der Waals surface area contributed by atoms with Crippen molar-refractivity contribution < 1.29 is 9.16 Å². The highest BCUT2D eigenvalue weighted by Crippen LogP contribution is 2.30. The Morgan fingerprint density at radius 2 is 1.91 bits per heavy atom. The maximum absolute atomic E-state index is 5.90. The van der Waals surface area contributed by atoms with Crippen LogP contribution in [0.5, 0.6) is 0 Å². The Labute approximate surface area is 70.0 Å². The van der Waals surface area contributed by atoms with E-state index < -0.39 is 8.32 Å². The summed E-state index contributed by atoms with van der Waals surface area (Å²) in [6.07, 6.45) is 0.372. The van der Waals surface area contributed by atoms with Crippen molar-refractivity contribution in [1.29, 1.82) is 0 Å². The van der Waals surface area contributed by atoms with Crippen LogP contribution in [0.4, 0.5) is 0 Å². The molecule has 0 atom stereocenters. The van der Waals surface area contributed by atoms with Crippen LogP contribution in [0, 0.1) is 0 Å². The summed E-state index contributed by atoms with van der Waals surface area (Å²) in [4.78, 5) is 0. The molecule has 3 heteroatoms. The largest absolute Gasteiger partial charge is 0.415 e. The molecule has 0 bridgehead atoms. The highest BCUT2D eigenvalue weighted by molar-refractivity contribution is 6.73. The number of ether oxygens (including phenoxy) is 1. The topological polar surface area (TPSA) is 18.5 Å². The molecule has 1 aliphatic rings. The minimum atomic E-state index is -1.41. The van der Waals surface area contributed by atoms with Gasteiger partial charge in [-0.25, -0.2) is 0 Å². The zero-order valence-corrected chi connectivity index (χ0v) is 8.89. The van der Waals surface area contributed by atoms with Crippen LogP contribution in [0.15, 0.2) is 0 Å². The molecule has 0 amide bonds. The van der Waals surface area contributed by atoms with Gasteiger partial charge >= 0.3 is 0 Å². The molecule has 1 fully saturated rings. The van der Waals surface area contributed by atoms with Gasteiger partial charge in [0.2, 0.25) is 0 Å². The van der Waals surface area contributed by atoms with Crippen molar-refractivity contribution in [1.82, 2.24) is 0 Å². The van der Waals surface area contributed by atoms with Crippen molar-refractivity contribution in [3.8, 4) is 0 Å². The van der Waals surface area contributed by atoms with Crippen molar-refractivity contribution in [2.75, 3.05) is 13.2 Å². The molecule has 0 aromatic heterocycles. The summed E-state index contributed by atoms with van der Waals surface area (Å²) in [5, 5.41) is 0. The van der Waals surface area contributed by atoms with Gasteiger partial charge in [-0.15, -0.1) is 0 Å². The van der Waals surface area contributed by atoms with E-state index in [2.05, 4.69) is 26.9 Å². The molecule has 66 valence electrons. The van der Waals surface area contributed by atoms with E-state index in [0.717, 1.165) is 18.8 Å². The van der Waals surface area contributed by atoms with E-state index in [1.165, 1.54) is 0 Å². The molecule has 0 radical (unpaired) electrons. The molecule has 1 aliphatic heterocycles. The zero-order chi connectivity index (χ0) is 8.48. The molecule has 1 heterocycles. The van der Waals surface area contributed by atoms with Gasteiger partial charge in [0.05, 0.1) is 13.2 Å². The molecule has 1 rings (SSSR count). The average molecular weight is 174 g/mol. The number of hydrogen-bond acceptors (Lipinski definition) is 2. The van der Waals surface area contributed by atoms with E-state index in [9.17, 15) is 0 Å². The quantitative estimate of drug-likeness (QED) is 0.609. The first-order chi connectivity index (χ1) is 5.02. The Morgan fingerprint density at radius 3 is 2.18 bits per heavy atom. The molecule has 0 aromatic rings. The van der Waals surface area contributed by atoms with E-state index in [1.54, 1.807) is 0 Å². The summed E-state index contributed by atoms with van der Waals surface area (Å²) >= 11 is 0. The Hall–Kier alpha value is 0.137. The number of rotatable bonds is 3. The fraction of sp³-hybridized carbons (Fsp3) is 1.00. The van der Waals surface area contributed by atoms with Gasteiger partial charge in [-0.3, -0.25) is 0 Å². The van der Waals surface area contributed by atoms with Crippen molar-refractivity contribution in [3.63, 3.8) is 0 Å². The van der Waals surface area contributed by atoms with E-state index in [1.807, 2.05) is 0 Å². The third-order valence-electron chi connectivity index (χ3n) is 2.16. The first kappa shape index (κ1) is 9.23. The molecule has 0 aromatic carbocycles. The smallest absolute Gasteiger partial charge is 0.194 e. The standard InChI is InChI=1S/C8H18O2Si/c1-7(2)10-11(3,4)8-5-9-6-8/h7-8H,5-6H2,1-4H3. The minimum Gasteiger partial charge on any atom is -0.415 e. The predicted molar refractivity (Wildman–Crippen MR) is 48.3 cm³/mol. The van der Waals surface area contributed by atoms with Gasteiger partial charge in [-0.05, 0) is 26.9 Å². The van der Waals surface area contributed by atoms with Crippen LogP contribution in [0.3, 0.4) is 0 Å². The first-order valence-electron chi connectivity index (χ1n) is 4.28. The van der Waals surface area contributed by atoms with Gasteiger partial charge < -0.3 is 9.16 Å². The van der Waals surface area contributed by atoms with Crippen molar-refractivity contribution >= 4 is 8.32 Å². The first-order valence-corrected chi connectivity index (χ1v) is 7.26. The minimum absolute atomic E-state index is 0.372. The van der Waals surface area contributed by atoms with Crippen LogP contribution in [-0.4, -0.2) is 27.6 Å². The fourth-order valence-corrected chi connectivity index (χ4v) is 3.79. The second-order valence-electron chi connectivity index (χ2n) is 4.00. The van der Waals surface area contributed by atoms with Gasteiger partial charge in [0.15, 0.2) is 8.32 Å². The summed E-state index contributed by atoms with van der Waals surface area (Å²) < 4.78 is 11.1. The van der Waals surface area contributed by atoms with Crippen LogP contribution in [0.25, 0.3) is 0 Å². The second kappa shape index (κ2) is 3.25. The van der Waals surface area contributed by atoms with Crippen LogP contribution in [-0.2, 0) is 9.16 Å². The van der Waals surface area contributed by atoms with Crippen LogP contribution in [0.1, 0.15) is 13.8 Å². The lowest BCUT2D eigenvalue weighted by atomic mass is 10.4. The Morgan fingerprint density at radius 1 is 1.36 bits per heavy atom. The van der Waals surface area contributed by atoms with Gasteiger partial charge in [0.25, 0.3) is 0 Å². The van der Waals surface area contributed by atoms with Crippen molar-refractivity contribution in [2.24, 2.45) is 0 Å². The normalized spacial score (nSPS) is 20.5. The molecule has 0 spiro atoms. The summed E-state index contributed by atoms with van der Waals surface area (Å²) in [5.74, 6) is 0. The third-order valence-corrected chi connectivity index (χ3v) is 5.54. The molecular weight excluding hydrogens is 156 g/mol. The lowest BCUT2D eigenvalue weighted by molar-refractivity contribution is 0.0226. The highest BCUT2D eigenvalue weighted by Gasteiger charge is 2.39. The van der Waals surface area contributed by atoms with Crippen LogP contribution >= 0.6 is 0 Å². The molecule has 1 saturated heterocycles. The summed E-state index contributed by atoms with van der Waals surface area (Å²) in [6.45, 7) is 10.6. The highest BCUT2D eigenvalue weighted by atomic mass is 28.4. The molecule has 0 saturated carbocycles. The van der Waals surface area contributed by atoms with Gasteiger partial charge in [0, 0.05) is 11.6 Å². The number of hydrogen-bond donors (Lipinski definition) is 0.